The number of nitrogens with one attached hydrogen (secondary N) is 1. The zero-order valence-electron chi connectivity index (χ0n) is 38.3. The van der Waals surface area contributed by atoms with Gasteiger partial charge in [-0.25, -0.2) is 4.57 Å². The molecule has 0 radical (unpaired) electrons. The zero-order chi connectivity index (χ0) is 42.1. The van der Waals surface area contributed by atoms with Crippen molar-refractivity contribution < 1.29 is 32.9 Å². The Morgan fingerprint density at radius 3 is 1.40 bits per heavy atom. The van der Waals surface area contributed by atoms with Crippen molar-refractivity contribution in [3.05, 3.63) is 24.3 Å². The molecule has 0 aromatic heterocycles. The Morgan fingerprint density at radius 2 is 0.965 bits per heavy atom. The fraction of sp³-hybridized carbons (Fsp3) is 0.896. The number of nitrogens with zero attached hydrogens (tertiary/aromatic N) is 1. The molecule has 0 aliphatic carbocycles. The van der Waals surface area contributed by atoms with Crippen LogP contribution in [0.2, 0.25) is 0 Å². The first-order valence-electron chi connectivity index (χ1n) is 24.2. The molecule has 0 heterocycles. The third kappa shape index (κ3) is 42.9. The van der Waals surface area contributed by atoms with Crippen LogP contribution in [-0.2, 0) is 18.4 Å². The van der Waals surface area contributed by atoms with Gasteiger partial charge in [0.25, 0.3) is 0 Å². The molecule has 0 fully saturated rings. The largest absolute Gasteiger partial charge is 0.472 e. The molecule has 3 N–H and O–H groups in total. The fourth-order valence-corrected chi connectivity index (χ4v) is 7.79. The van der Waals surface area contributed by atoms with E-state index in [0.717, 1.165) is 38.5 Å². The summed E-state index contributed by atoms with van der Waals surface area (Å²) in [6.07, 6.45) is 48.3. The quantitative estimate of drug-likeness (QED) is 0.0244. The summed E-state index contributed by atoms with van der Waals surface area (Å²) in [5.74, 6) is -0.184. The smallest absolute Gasteiger partial charge is 0.387 e. The molecule has 0 aromatic carbocycles. The summed E-state index contributed by atoms with van der Waals surface area (Å²) in [6.45, 7) is 4.80. The van der Waals surface area contributed by atoms with Crippen LogP contribution in [0.25, 0.3) is 0 Å². The molecule has 0 rings (SSSR count). The van der Waals surface area contributed by atoms with E-state index in [1.54, 1.807) is 6.08 Å². The number of phosphoric ester groups is 1. The summed E-state index contributed by atoms with van der Waals surface area (Å²) in [5.41, 5.74) is 0. The van der Waals surface area contributed by atoms with Gasteiger partial charge < -0.3 is 19.8 Å². The molecule has 0 saturated carbocycles. The Balaban J connectivity index is 4.31. The summed E-state index contributed by atoms with van der Waals surface area (Å²) < 4.78 is 23.6. The number of carbonyl (C=O) groups excluding carboxylic acids is 1. The lowest BCUT2D eigenvalue weighted by Crippen LogP contribution is -2.45. The number of likely N-dealkylation sites (N-methyl/N-ethyl adjacent to an activating group) is 1. The van der Waals surface area contributed by atoms with Crippen molar-refractivity contribution in [3.63, 3.8) is 0 Å². The van der Waals surface area contributed by atoms with Crippen molar-refractivity contribution in [2.24, 2.45) is 0 Å². The fourth-order valence-electron chi connectivity index (χ4n) is 7.06. The maximum Gasteiger partial charge on any atom is 0.472 e. The topological polar surface area (TPSA) is 105 Å². The maximum absolute atomic E-state index is 12.9. The van der Waals surface area contributed by atoms with Gasteiger partial charge in [-0.05, 0) is 32.1 Å². The molecule has 338 valence electrons. The summed E-state index contributed by atoms with van der Waals surface area (Å²) in [4.78, 5) is 23.1. The van der Waals surface area contributed by atoms with Crippen LogP contribution in [0, 0.1) is 0 Å². The van der Waals surface area contributed by atoms with E-state index < -0.39 is 20.0 Å². The minimum Gasteiger partial charge on any atom is -0.387 e. The van der Waals surface area contributed by atoms with Crippen LogP contribution in [-0.4, -0.2) is 73.4 Å². The second kappa shape index (κ2) is 40.4. The molecule has 9 heteroatoms. The van der Waals surface area contributed by atoms with Gasteiger partial charge in [0.05, 0.1) is 39.9 Å². The number of phosphoric acid groups is 1. The predicted octanol–water partition coefficient (Wildman–Crippen LogP) is 13.7. The molecule has 0 aliphatic heterocycles. The Labute approximate surface area is 354 Å². The van der Waals surface area contributed by atoms with E-state index in [4.69, 9.17) is 9.05 Å². The van der Waals surface area contributed by atoms with Crippen LogP contribution in [0.5, 0.6) is 0 Å². The van der Waals surface area contributed by atoms with Gasteiger partial charge in [-0.2, -0.15) is 0 Å². The molecule has 0 saturated heterocycles. The molecule has 0 aromatic rings. The molecule has 1 unspecified atom stereocenters. The van der Waals surface area contributed by atoms with E-state index in [1.807, 2.05) is 27.2 Å². The second-order valence-corrected chi connectivity index (χ2v) is 19.3. The van der Waals surface area contributed by atoms with Crippen LogP contribution in [0.4, 0.5) is 0 Å². The van der Waals surface area contributed by atoms with E-state index in [2.05, 4.69) is 31.3 Å². The zero-order valence-corrected chi connectivity index (χ0v) is 39.2. The summed E-state index contributed by atoms with van der Waals surface area (Å²) in [6, 6.07) is -0.858. The van der Waals surface area contributed by atoms with E-state index in [9.17, 15) is 19.4 Å². The molecule has 57 heavy (non-hydrogen) atoms. The van der Waals surface area contributed by atoms with Gasteiger partial charge in [0.15, 0.2) is 0 Å². The molecule has 3 atom stereocenters. The number of quaternary nitrogens is 1. The Hall–Kier alpha value is -1.02. The van der Waals surface area contributed by atoms with Crippen LogP contribution >= 0.6 is 7.82 Å². The van der Waals surface area contributed by atoms with Gasteiger partial charge in [0.1, 0.15) is 13.2 Å². The Morgan fingerprint density at radius 1 is 0.579 bits per heavy atom. The lowest BCUT2D eigenvalue weighted by molar-refractivity contribution is -0.870. The maximum atomic E-state index is 12.9. The van der Waals surface area contributed by atoms with Gasteiger partial charge in [-0.15, -0.1) is 0 Å². The van der Waals surface area contributed by atoms with Crippen LogP contribution < -0.4 is 5.32 Å². The van der Waals surface area contributed by atoms with Crippen molar-refractivity contribution in [2.75, 3.05) is 40.9 Å². The molecule has 0 spiro atoms. The minimum atomic E-state index is -4.34. The second-order valence-electron chi connectivity index (χ2n) is 17.8. The average molecular weight is 828 g/mol. The average Bonchev–Trinajstić information content (AvgIpc) is 3.16. The molecular weight excluding hydrogens is 732 g/mol. The number of amides is 1. The van der Waals surface area contributed by atoms with E-state index >= 15 is 0 Å². The molecule has 1 amide bonds. The van der Waals surface area contributed by atoms with E-state index in [1.165, 1.54) is 167 Å². The molecule has 0 bridgehead atoms. The number of hydrogen-bond acceptors (Lipinski definition) is 5. The van der Waals surface area contributed by atoms with Gasteiger partial charge in [0.2, 0.25) is 5.91 Å². The Bertz CT molecular complexity index is 984. The number of hydrogen-bond donors (Lipinski definition) is 3. The molecule has 8 nitrogen and oxygen atoms in total. The highest BCUT2D eigenvalue weighted by molar-refractivity contribution is 7.47. The van der Waals surface area contributed by atoms with Gasteiger partial charge in [-0.1, -0.05) is 212 Å². The van der Waals surface area contributed by atoms with Crippen molar-refractivity contribution in [1.82, 2.24) is 5.32 Å². The summed E-state index contributed by atoms with van der Waals surface area (Å²) in [7, 11) is 1.56. The lowest BCUT2D eigenvalue weighted by Gasteiger charge is -2.25. The number of carbonyl (C=O) groups is 1. The highest BCUT2D eigenvalue weighted by atomic mass is 31.2. The van der Waals surface area contributed by atoms with Crippen LogP contribution in [0.3, 0.4) is 0 Å². The highest BCUT2D eigenvalue weighted by Crippen LogP contribution is 2.43. The number of unbranched alkanes of at least 4 members (excludes halogenated alkanes) is 29. The van der Waals surface area contributed by atoms with Gasteiger partial charge in [0, 0.05) is 6.42 Å². The third-order valence-electron chi connectivity index (χ3n) is 10.9. The number of allylic oxidation sites excluding steroid dienone is 3. The van der Waals surface area contributed by atoms with Gasteiger partial charge >= 0.3 is 7.82 Å². The first-order valence-corrected chi connectivity index (χ1v) is 25.7. The lowest BCUT2D eigenvalue weighted by atomic mass is 10.0. The summed E-state index contributed by atoms with van der Waals surface area (Å²) >= 11 is 0. The Kier molecular flexibility index (Phi) is 39.7. The first-order chi connectivity index (χ1) is 27.5. The van der Waals surface area contributed by atoms with Crippen molar-refractivity contribution >= 4 is 13.7 Å². The van der Waals surface area contributed by atoms with Crippen molar-refractivity contribution in [1.29, 1.82) is 0 Å². The first kappa shape index (κ1) is 56.0. The third-order valence-corrected chi connectivity index (χ3v) is 11.9. The molecular formula is C48H96N2O6P+. The molecule has 0 aliphatic rings. The SMILES string of the molecule is CCCCCCCCCC/C=C/CC/C=C/[C@@H](O)[C@H](COP(=O)(O)OCC[N+](C)(C)C)NC(=O)CCCCCCCCCCCCCCCCCCCCCCC. The summed E-state index contributed by atoms with van der Waals surface area (Å²) in [5, 5.41) is 13.8. The van der Waals surface area contributed by atoms with Gasteiger partial charge in [-0.3, -0.25) is 13.8 Å². The van der Waals surface area contributed by atoms with Crippen molar-refractivity contribution in [2.45, 2.75) is 238 Å². The monoisotopic (exact) mass is 828 g/mol. The standard InChI is InChI=1S/C48H95N2O6P/c1-6-8-10-12-14-16-18-20-22-23-24-25-26-27-28-30-32-34-36-38-40-42-48(52)49-46(45-56-57(53,54)55-44-43-50(3,4)5)47(51)41-39-37-35-33-31-29-21-19-17-15-13-11-9-7-2/h31,33,39,41,46-47,51H,6-30,32,34-38,40,42-45H2,1-5H3,(H-,49,52,53,54)/p+1/b33-31+,41-39+/t46-,47+/m0/s1. The van der Waals surface area contributed by atoms with E-state index in [-0.39, 0.29) is 19.1 Å². The normalized spacial score (nSPS) is 14.4. The minimum absolute atomic E-state index is 0.0583. The van der Waals surface area contributed by atoms with Crippen molar-refractivity contribution in [3.8, 4) is 0 Å². The van der Waals surface area contributed by atoms with Crippen LogP contribution in [0.15, 0.2) is 24.3 Å². The van der Waals surface area contributed by atoms with Crippen LogP contribution in [0.1, 0.15) is 226 Å². The number of aliphatic hydroxyl groups is 1. The number of rotatable bonds is 44. The van der Waals surface area contributed by atoms with E-state index in [0.29, 0.717) is 17.4 Å². The number of aliphatic hydroxyl groups excluding tert-OH is 1. The predicted molar refractivity (Wildman–Crippen MR) is 245 cm³/mol. The highest BCUT2D eigenvalue weighted by Gasteiger charge is 2.27.